The molecule has 4 rings (SSSR count). The van der Waals surface area contributed by atoms with Crippen LogP contribution in [0.4, 0.5) is 0 Å². The van der Waals surface area contributed by atoms with Gasteiger partial charge in [-0.1, -0.05) is 46.3 Å². The van der Waals surface area contributed by atoms with Crippen LogP contribution >= 0.6 is 27.7 Å². The predicted octanol–water partition coefficient (Wildman–Crippen LogP) is 2.31. The van der Waals surface area contributed by atoms with Gasteiger partial charge in [-0.3, -0.25) is 14.5 Å². The van der Waals surface area contributed by atoms with Crippen LogP contribution in [-0.2, 0) is 14.4 Å². The normalized spacial score (nSPS) is 27.8. The Hall–Kier alpha value is -2.40. The summed E-state index contributed by atoms with van der Waals surface area (Å²) in [4.78, 5) is 52.7. The number of carbonyl (C=O) groups is 3. The largest absolute Gasteiger partial charge is 0.477 e. The van der Waals surface area contributed by atoms with E-state index in [4.69, 9.17) is 0 Å². The van der Waals surface area contributed by atoms with Crippen LogP contribution in [0.15, 0.2) is 46.9 Å². The number of carboxylic acid groups (broad SMARTS) is 1. The molecule has 0 saturated carbocycles. The van der Waals surface area contributed by atoms with E-state index in [1.54, 1.807) is 44.2 Å². The zero-order chi connectivity index (χ0) is 21.8. The molecule has 3 aliphatic rings. The lowest BCUT2D eigenvalue weighted by atomic mass is 9.98. The Morgan fingerprint density at radius 2 is 1.93 bits per heavy atom. The van der Waals surface area contributed by atoms with Crippen molar-refractivity contribution in [2.45, 2.75) is 37.0 Å². The molecule has 2 amide bonds. The Bertz CT molecular complexity index is 969. The number of amides is 2. The van der Waals surface area contributed by atoms with Crippen LogP contribution in [0.2, 0.25) is 0 Å². The first-order valence-corrected chi connectivity index (χ1v) is 11.4. The molecular formula is C19H19BrN4O5S. The zero-order valence-corrected chi connectivity index (χ0v) is 18.6. The number of benzene rings is 1. The smallest absolute Gasteiger partial charge is 0.352 e. The maximum absolute atomic E-state index is 13.5. The van der Waals surface area contributed by atoms with Gasteiger partial charge in [0.2, 0.25) is 0 Å². The van der Waals surface area contributed by atoms with Gasteiger partial charge in [0, 0.05) is 11.1 Å². The van der Waals surface area contributed by atoms with Crippen molar-refractivity contribution in [1.82, 2.24) is 14.8 Å². The SMILES string of the molecule is CC1(C)N(N=O)C(c2ccccc2)C(=O)N1C1C(=O)N2C(C(=O)O)=C(CBr)CS[C@H]12. The number of alkyl halides is 1. The molecule has 0 radical (unpaired) electrons. The van der Waals surface area contributed by atoms with E-state index >= 15 is 0 Å². The number of aliphatic carboxylic acids is 1. The van der Waals surface area contributed by atoms with E-state index in [1.807, 2.05) is 0 Å². The molecule has 1 aromatic rings. The lowest BCUT2D eigenvalue weighted by Gasteiger charge is -2.54. The molecule has 2 fully saturated rings. The quantitative estimate of drug-likeness (QED) is 0.379. The summed E-state index contributed by atoms with van der Waals surface area (Å²) in [5.74, 6) is -1.62. The highest BCUT2D eigenvalue weighted by Gasteiger charge is 2.64. The van der Waals surface area contributed by atoms with Crippen molar-refractivity contribution in [3.63, 3.8) is 0 Å². The topological polar surface area (TPSA) is 111 Å². The van der Waals surface area contributed by atoms with Gasteiger partial charge in [0.15, 0.2) is 6.04 Å². The van der Waals surface area contributed by atoms with E-state index < -0.39 is 40.9 Å². The van der Waals surface area contributed by atoms with Crippen molar-refractivity contribution in [2.75, 3.05) is 11.1 Å². The summed E-state index contributed by atoms with van der Waals surface area (Å²) in [6.07, 6.45) is 0. The molecule has 0 bridgehead atoms. The Morgan fingerprint density at radius 3 is 2.50 bits per heavy atom. The van der Waals surface area contributed by atoms with Crippen LogP contribution in [0.3, 0.4) is 0 Å². The monoisotopic (exact) mass is 494 g/mol. The summed E-state index contributed by atoms with van der Waals surface area (Å²) in [5.41, 5.74) is 0.0206. The second-order valence-electron chi connectivity index (χ2n) is 7.69. The Labute approximate surface area is 185 Å². The van der Waals surface area contributed by atoms with E-state index in [0.717, 1.165) is 0 Å². The van der Waals surface area contributed by atoms with Gasteiger partial charge in [0.1, 0.15) is 22.8 Å². The minimum absolute atomic E-state index is 0.0358. The number of thioether (sulfide) groups is 1. The average Bonchev–Trinajstić information content (AvgIpc) is 2.92. The first-order valence-electron chi connectivity index (χ1n) is 9.22. The lowest BCUT2D eigenvalue weighted by Crippen LogP contribution is -2.73. The van der Waals surface area contributed by atoms with Crippen molar-refractivity contribution in [3.8, 4) is 0 Å². The Morgan fingerprint density at radius 1 is 1.27 bits per heavy atom. The van der Waals surface area contributed by atoms with E-state index in [9.17, 15) is 24.4 Å². The molecule has 30 heavy (non-hydrogen) atoms. The summed E-state index contributed by atoms with van der Waals surface area (Å²) >= 11 is 4.69. The minimum atomic E-state index is -1.17. The van der Waals surface area contributed by atoms with Gasteiger partial charge in [0.25, 0.3) is 11.8 Å². The van der Waals surface area contributed by atoms with Gasteiger partial charge in [-0.05, 0) is 25.0 Å². The van der Waals surface area contributed by atoms with Gasteiger partial charge in [-0.25, -0.2) is 9.80 Å². The number of nitroso groups, excluding NO2 is 1. The number of halogens is 1. The van der Waals surface area contributed by atoms with Crippen LogP contribution in [0, 0.1) is 4.91 Å². The van der Waals surface area contributed by atoms with Crippen LogP contribution in [0.25, 0.3) is 0 Å². The number of carboxylic acids is 1. The molecule has 11 heteroatoms. The number of fused-ring (bicyclic) bond motifs is 1. The fourth-order valence-electron chi connectivity index (χ4n) is 4.35. The van der Waals surface area contributed by atoms with Gasteiger partial charge in [-0.2, -0.15) is 0 Å². The van der Waals surface area contributed by atoms with Crippen LogP contribution in [-0.4, -0.2) is 65.9 Å². The molecule has 2 saturated heterocycles. The van der Waals surface area contributed by atoms with Gasteiger partial charge < -0.3 is 10.0 Å². The fourth-order valence-corrected chi connectivity index (χ4v) is 6.46. The number of carbonyl (C=O) groups excluding carboxylic acids is 2. The number of rotatable bonds is 5. The maximum Gasteiger partial charge on any atom is 0.352 e. The highest BCUT2D eigenvalue weighted by molar-refractivity contribution is 9.09. The third kappa shape index (κ3) is 2.78. The van der Waals surface area contributed by atoms with Crippen molar-refractivity contribution >= 4 is 45.5 Å². The standard InChI is InChI=1S/C19H19BrN4O5S/c1-19(2)23(16(26)12(24(19)21-29)10-6-4-3-5-7-10)14-15(25)22-13(18(27)28)11(8-20)9-30-17(14)22/h3-7,12,14,17H,8-9H2,1-2H3,(H,27,28)/t12?,14?,17-/m1/s1. The first kappa shape index (κ1) is 20.9. The summed E-state index contributed by atoms with van der Waals surface area (Å²) in [6.45, 7) is 3.33. The van der Waals surface area contributed by atoms with E-state index in [1.165, 1.54) is 26.6 Å². The zero-order valence-electron chi connectivity index (χ0n) is 16.2. The van der Waals surface area contributed by atoms with Crippen LogP contribution in [0.1, 0.15) is 25.5 Å². The lowest BCUT2D eigenvalue weighted by molar-refractivity contribution is -0.164. The summed E-state index contributed by atoms with van der Waals surface area (Å²) in [7, 11) is 0. The van der Waals surface area contributed by atoms with Crippen molar-refractivity contribution in [1.29, 1.82) is 0 Å². The first-order chi connectivity index (χ1) is 14.3. The number of nitrogens with zero attached hydrogens (tertiary/aromatic N) is 4. The highest BCUT2D eigenvalue weighted by atomic mass is 79.9. The molecule has 158 valence electrons. The van der Waals surface area contributed by atoms with E-state index in [0.29, 0.717) is 22.2 Å². The number of hydrogen-bond donors (Lipinski definition) is 1. The Kier molecular flexibility index (Phi) is 5.13. The van der Waals surface area contributed by atoms with E-state index in [-0.39, 0.29) is 5.70 Å². The van der Waals surface area contributed by atoms with Gasteiger partial charge >= 0.3 is 5.97 Å². The predicted molar refractivity (Wildman–Crippen MR) is 113 cm³/mol. The van der Waals surface area contributed by atoms with Gasteiger partial charge in [-0.15, -0.1) is 16.7 Å². The van der Waals surface area contributed by atoms with Crippen molar-refractivity contribution < 1.29 is 19.5 Å². The average molecular weight is 495 g/mol. The second-order valence-corrected chi connectivity index (χ2v) is 9.35. The fraction of sp³-hybridized carbons (Fsp3) is 0.421. The molecule has 0 aliphatic carbocycles. The number of hydrogen-bond acceptors (Lipinski definition) is 6. The molecule has 2 unspecified atom stereocenters. The third-order valence-corrected chi connectivity index (χ3v) is 7.73. The summed E-state index contributed by atoms with van der Waals surface area (Å²) in [6, 6.07) is 6.98. The van der Waals surface area contributed by atoms with Crippen molar-refractivity contribution in [2.24, 2.45) is 5.29 Å². The summed E-state index contributed by atoms with van der Waals surface area (Å²) in [5, 5.41) is 13.7. The highest BCUT2D eigenvalue weighted by Crippen LogP contribution is 2.49. The molecular weight excluding hydrogens is 476 g/mol. The van der Waals surface area contributed by atoms with Gasteiger partial charge in [0.05, 0.1) is 5.29 Å². The molecule has 1 aromatic carbocycles. The Balaban J connectivity index is 1.72. The molecule has 3 atom stereocenters. The molecule has 1 N–H and O–H groups in total. The molecule has 0 aromatic heterocycles. The molecule has 3 heterocycles. The van der Waals surface area contributed by atoms with E-state index in [2.05, 4.69) is 21.2 Å². The number of β-lactam (4-membered cyclic amide) rings is 1. The van der Waals surface area contributed by atoms with Crippen molar-refractivity contribution in [3.05, 3.63) is 52.1 Å². The van der Waals surface area contributed by atoms with Crippen LogP contribution in [0.5, 0.6) is 0 Å². The minimum Gasteiger partial charge on any atom is -0.477 e. The maximum atomic E-state index is 13.5. The summed E-state index contributed by atoms with van der Waals surface area (Å²) < 4.78 is 0. The molecule has 3 aliphatic heterocycles. The van der Waals surface area contributed by atoms with Crippen LogP contribution < -0.4 is 0 Å². The molecule has 9 nitrogen and oxygen atoms in total. The second kappa shape index (κ2) is 7.38. The molecule has 0 spiro atoms. The third-order valence-electron chi connectivity index (χ3n) is 5.73.